The third-order valence-corrected chi connectivity index (χ3v) is 4.78. The first-order valence-electron chi connectivity index (χ1n) is 8.72. The van der Waals surface area contributed by atoms with E-state index in [2.05, 4.69) is 36.2 Å². The number of aromatic nitrogens is 6. The summed E-state index contributed by atoms with van der Waals surface area (Å²) < 4.78 is 3.55. The maximum absolute atomic E-state index is 4.88. The van der Waals surface area contributed by atoms with E-state index in [9.17, 15) is 0 Å². The Hall–Kier alpha value is -2.59. The number of nitrogens with zero attached hydrogens (tertiary/aromatic N) is 6. The number of rotatable bonds is 4. The van der Waals surface area contributed by atoms with Gasteiger partial charge in [0.15, 0.2) is 0 Å². The average molecular weight is 552 g/mol. The second-order valence-electron chi connectivity index (χ2n) is 6.96. The molecule has 0 amide bonds. The van der Waals surface area contributed by atoms with Crippen molar-refractivity contribution in [3.63, 3.8) is 0 Å². The number of hydrogen-bond acceptors (Lipinski definition) is 4. The van der Waals surface area contributed by atoms with Crippen LogP contribution in [0.1, 0.15) is 25.2 Å². The van der Waals surface area contributed by atoms with Gasteiger partial charge in [-0.1, -0.05) is 34.9 Å². The molecule has 0 atom stereocenters. The molecule has 0 saturated carbocycles. The van der Waals surface area contributed by atoms with Crippen LogP contribution in [-0.4, -0.2) is 29.5 Å². The first-order valence-corrected chi connectivity index (χ1v) is 8.72. The minimum Gasteiger partial charge on any atom is -0.345 e. The monoisotopic (exact) mass is 551 g/mol. The van der Waals surface area contributed by atoms with Crippen molar-refractivity contribution in [2.24, 2.45) is 14.1 Å². The summed E-state index contributed by atoms with van der Waals surface area (Å²) in [6, 6.07) is 18.3. The normalized spacial score (nSPS) is 11.3. The molecule has 0 aromatic carbocycles. The van der Waals surface area contributed by atoms with Crippen LogP contribution in [-0.2, 0) is 40.6 Å². The van der Waals surface area contributed by atoms with Crippen LogP contribution in [0.4, 0.5) is 0 Å². The van der Waals surface area contributed by atoms with E-state index in [-0.39, 0.29) is 26.5 Å². The van der Waals surface area contributed by atoms with Crippen LogP contribution in [0.3, 0.4) is 0 Å². The molecule has 4 aromatic heterocycles. The SMILES string of the molecule is Cn1nc[c-]c1-c1cccc(C(C)(C)c2cccc(-c3[c-]cnn3C)n2)n1.[Pt+2]. The Balaban J connectivity index is 0.00000225. The molecule has 0 fully saturated rings. The van der Waals surface area contributed by atoms with Gasteiger partial charge in [0, 0.05) is 30.9 Å². The Morgan fingerprint density at radius 3 is 1.54 bits per heavy atom. The number of hydrogen-bond donors (Lipinski definition) is 0. The molecule has 4 heterocycles. The van der Waals surface area contributed by atoms with Crippen molar-refractivity contribution >= 4 is 0 Å². The zero-order valence-electron chi connectivity index (χ0n) is 16.1. The summed E-state index contributed by atoms with van der Waals surface area (Å²) in [5.74, 6) is 0. The Morgan fingerprint density at radius 1 is 0.750 bits per heavy atom. The third kappa shape index (κ3) is 3.57. The summed E-state index contributed by atoms with van der Waals surface area (Å²) in [5, 5.41) is 8.38. The van der Waals surface area contributed by atoms with Crippen LogP contribution in [0.15, 0.2) is 48.8 Å². The van der Waals surface area contributed by atoms with Crippen LogP contribution in [0.25, 0.3) is 22.8 Å². The van der Waals surface area contributed by atoms with E-state index in [1.165, 1.54) is 0 Å². The Morgan fingerprint density at radius 2 is 1.18 bits per heavy atom. The van der Waals surface area contributed by atoms with Gasteiger partial charge in [-0.15, -0.1) is 12.1 Å². The average Bonchev–Trinajstić information content (AvgIpc) is 3.30. The van der Waals surface area contributed by atoms with E-state index in [1.807, 2.05) is 50.5 Å². The van der Waals surface area contributed by atoms with Gasteiger partial charge in [0.05, 0.1) is 0 Å². The van der Waals surface area contributed by atoms with E-state index < -0.39 is 0 Å². The summed E-state index contributed by atoms with van der Waals surface area (Å²) in [7, 11) is 3.78. The molecule has 0 bridgehead atoms. The van der Waals surface area contributed by atoms with Crippen LogP contribution in [0, 0.1) is 12.1 Å². The summed E-state index contributed by atoms with van der Waals surface area (Å²) in [6.07, 6.45) is 3.31. The fraction of sp³-hybridized carbons (Fsp3) is 0.238. The van der Waals surface area contributed by atoms with Crippen molar-refractivity contribution in [2.45, 2.75) is 19.3 Å². The van der Waals surface area contributed by atoms with Gasteiger partial charge in [0.25, 0.3) is 0 Å². The third-order valence-electron chi connectivity index (χ3n) is 4.78. The quantitative estimate of drug-likeness (QED) is 0.366. The summed E-state index contributed by atoms with van der Waals surface area (Å²) in [6.45, 7) is 4.26. The molecule has 4 rings (SSSR count). The molecule has 0 N–H and O–H groups in total. The van der Waals surface area contributed by atoms with Crippen LogP contribution in [0.5, 0.6) is 0 Å². The summed E-state index contributed by atoms with van der Waals surface area (Å²) in [5.41, 5.74) is 4.91. The molecular weight excluding hydrogens is 531 g/mol. The van der Waals surface area contributed by atoms with E-state index in [1.54, 1.807) is 21.8 Å². The van der Waals surface area contributed by atoms with Crippen LogP contribution >= 0.6 is 0 Å². The Kier molecular flexibility index (Phi) is 5.61. The Labute approximate surface area is 178 Å². The van der Waals surface area contributed by atoms with Crippen molar-refractivity contribution in [1.29, 1.82) is 0 Å². The van der Waals surface area contributed by atoms with Gasteiger partial charge in [-0.2, -0.15) is 0 Å². The molecule has 6 nitrogen and oxygen atoms in total. The van der Waals surface area contributed by atoms with Gasteiger partial charge in [-0.3, -0.25) is 0 Å². The van der Waals surface area contributed by atoms with E-state index >= 15 is 0 Å². The molecule has 7 heteroatoms. The topological polar surface area (TPSA) is 61.4 Å². The predicted molar refractivity (Wildman–Crippen MR) is 103 cm³/mol. The molecule has 4 aromatic rings. The fourth-order valence-electron chi connectivity index (χ4n) is 3.10. The van der Waals surface area contributed by atoms with Crippen molar-refractivity contribution < 1.29 is 21.1 Å². The van der Waals surface area contributed by atoms with E-state index in [4.69, 9.17) is 9.97 Å². The minimum atomic E-state index is -0.372. The maximum Gasteiger partial charge on any atom is 2.00 e. The first kappa shape index (κ1) is 20.2. The van der Waals surface area contributed by atoms with E-state index in [0.29, 0.717) is 0 Å². The zero-order chi connectivity index (χ0) is 19.0. The smallest absolute Gasteiger partial charge is 0.345 e. The van der Waals surface area contributed by atoms with Crippen LogP contribution < -0.4 is 0 Å². The molecule has 0 unspecified atom stereocenters. The van der Waals surface area contributed by atoms with Crippen molar-refractivity contribution in [1.82, 2.24) is 29.5 Å². The van der Waals surface area contributed by atoms with E-state index in [0.717, 1.165) is 34.2 Å². The molecular formula is C21H20N6Pt. The largest absolute Gasteiger partial charge is 2.00 e. The van der Waals surface area contributed by atoms with Gasteiger partial charge in [0.2, 0.25) is 0 Å². The molecule has 0 aliphatic carbocycles. The molecule has 0 aliphatic heterocycles. The molecule has 28 heavy (non-hydrogen) atoms. The van der Waals surface area contributed by atoms with Gasteiger partial charge < -0.3 is 19.3 Å². The van der Waals surface area contributed by atoms with Crippen molar-refractivity contribution in [3.05, 3.63) is 72.3 Å². The van der Waals surface area contributed by atoms with Crippen molar-refractivity contribution in [3.8, 4) is 22.8 Å². The van der Waals surface area contributed by atoms with Crippen molar-refractivity contribution in [2.75, 3.05) is 0 Å². The molecule has 0 saturated heterocycles. The fourth-order valence-corrected chi connectivity index (χ4v) is 3.10. The second kappa shape index (κ2) is 7.80. The number of aryl methyl sites for hydroxylation is 2. The molecule has 0 radical (unpaired) electrons. The van der Waals surface area contributed by atoms with Gasteiger partial charge in [0.1, 0.15) is 0 Å². The van der Waals surface area contributed by atoms with Gasteiger partial charge in [-0.05, 0) is 38.4 Å². The summed E-state index contributed by atoms with van der Waals surface area (Å²) in [4.78, 5) is 9.75. The minimum absolute atomic E-state index is 0. The molecule has 0 aliphatic rings. The van der Waals surface area contributed by atoms with Gasteiger partial charge in [-0.25, -0.2) is 22.3 Å². The zero-order valence-corrected chi connectivity index (χ0v) is 18.4. The standard InChI is InChI=1S/C21H20N6.Pt/c1-21(2,19-9-5-7-15(24-19)17-11-13-22-26(17)3)20-10-6-8-16(25-20)18-12-14-23-27(18)4;/h5-10,13-14H,1-4H3;/q-2;+2. The molecule has 144 valence electrons. The summed E-state index contributed by atoms with van der Waals surface area (Å²) >= 11 is 0. The Bertz CT molecular complexity index is 1010. The maximum atomic E-state index is 4.88. The van der Waals surface area contributed by atoms with Gasteiger partial charge >= 0.3 is 21.1 Å². The second-order valence-corrected chi connectivity index (χ2v) is 6.96. The van der Waals surface area contributed by atoms with Crippen LogP contribution in [0.2, 0.25) is 0 Å². The molecule has 0 spiro atoms. The predicted octanol–water partition coefficient (Wildman–Crippen LogP) is 3.20. The first-order chi connectivity index (χ1) is 13.0. The number of pyridine rings is 2.